The fourth-order valence-electron chi connectivity index (χ4n) is 3.90. The van der Waals surface area contributed by atoms with Crippen molar-refractivity contribution in [1.29, 1.82) is 0 Å². The van der Waals surface area contributed by atoms with Crippen molar-refractivity contribution in [2.24, 2.45) is 0 Å². The van der Waals surface area contributed by atoms with Crippen LogP contribution in [0, 0.1) is 5.82 Å². The summed E-state index contributed by atoms with van der Waals surface area (Å²) in [4.78, 5) is 16.9. The molecule has 1 amide bonds. The van der Waals surface area contributed by atoms with Crippen molar-refractivity contribution < 1.29 is 9.18 Å². The van der Waals surface area contributed by atoms with Gasteiger partial charge in [-0.15, -0.1) is 0 Å². The molecule has 0 saturated carbocycles. The number of hydrogen-bond acceptors (Lipinski definition) is 2. The van der Waals surface area contributed by atoms with Gasteiger partial charge in [0, 0.05) is 31.2 Å². The number of rotatable bonds is 4. The van der Waals surface area contributed by atoms with Crippen LogP contribution in [0.1, 0.15) is 27.5 Å². The summed E-state index contributed by atoms with van der Waals surface area (Å²) in [6, 6.07) is 25.1. The zero-order valence-corrected chi connectivity index (χ0v) is 16.7. The van der Waals surface area contributed by atoms with E-state index in [4.69, 9.17) is 11.6 Å². The number of hydrogen-bond donors (Lipinski definition) is 0. The van der Waals surface area contributed by atoms with Gasteiger partial charge in [-0.3, -0.25) is 9.69 Å². The number of benzene rings is 3. The van der Waals surface area contributed by atoms with E-state index in [0.29, 0.717) is 13.1 Å². The SMILES string of the molecule is O=C(c1ccc(Cl)cc1F)N1CCN(C(c2ccccc2)c2ccccc2)CC1. The van der Waals surface area contributed by atoms with E-state index in [9.17, 15) is 9.18 Å². The number of carbonyl (C=O) groups is 1. The van der Waals surface area contributed by atoms with E-state index < -0.39 is 5.82 Å². The van der Waals surface area contributed by atoms with Gasteiger partial charge in [0.25, 0.3) is 5.91 Å². The van der Waals surface area contributed by atoms with Gasteiger partial charge in [-0.25, -0.2) is 4.39 Å². The van der Waals surface area contributed by atoms with Crippen LogP contribution in [-0.4, -0.2) is 41.9 Å². The standard InChI is InChI=1S/C24H22ClFN2O/c25-20-11-12-21(22(26)17-20)24(29)28-15-13-27(14-16-28)23(18-7-3-1-4-8-18)19-9-5-2-6-10-19/h1-12,17,23H,13-16H2. The molecule has 0 bridgehead atoms. The van der Waals surface area contributed by atoms with Crippen molar-refractivity contribution >= 4 is 17.5 Å². The molecule has 0 aromatic heterocycles. The van der Waals surface area contributed by atoms with Crippen LogP contribution in [-0.2, 0) is 0 Å². The molecule has 3 aromatic rings. The van der Waals surface area contributed by atoms with Gasteiger partial charge in [-0.1, -0.05) is 72.3 Å². The maximum absolute atomic E-state index is 14.2. The Balaban J connectivity index is 1.52. The maximum Gasteiger partial charge on any atom is 0.256 e. The summed E-state index contributed by atoms with van der Waals surface area (Å²) in [5.41, 5.74) is 2.52. The Morgan fingerprint density at radius 3 is 1.90 bits per heavy atom. The number of amides is 1. The van der Waals surface area contributed by atoms with Crippen LogP contribution in [0.2, 0.25) is 5.02 Å². The maximum atomic E-state index is 14.2. The minimum atomic E-state index is -0.573. The monoisotopic (exact) mass is 408 g/mol. The summed E-state index contributed by atoms with van der Waals surface area (Å²) in [5.74, 6) is -0.855. The Labute approximate surface area is 175 Å². The third-order valence-electron chi connectivity index (χ3n) is 5.36. The minimum Gasteiger partial charge on any atom is -0.336 e. The summed E-state index contributed by atoms with van der Waals surface area (Å²) in [6.45, 7) is 2.54. The topological polar surface area (TPSA) is 23.6 Å². The highest BCUT2D eigenvalue weighted by Gasteiger charge is 2.29. The molecule has 5 heteroatoms. The second-order valence-electron chi connectivity index (χ2n) is 7.18. The van der Waals surface area contributed by atoms with Crippen molar-refractivity contribution in [2.75, 3.05) is 26.2 Å². The first-order chi connectivity index (χ1) is 14.1. The molecule has 4 rings (SSSR count). The molecule has 0 radical (unpaired) electrons. The Morgan fingerprint density at radius 2 is 1.38 bits per heavy atom. The fraction of sp³-hybridized carbons (Fsp3) is 0.208. The van der Waals surface area contributed by atoms with Crippen molar-refractivity contribution in [2.45, 2.75) is 6.04 Å². The average Bonchev–Trinajstić information content (AvgIpc) is 2.76. The second kappa shape index (κ2) is 8.76. The molecule has 0 aliphatic carbocycles. The van der Waals surface area contributed by atoms with Crippen molar-refractivity contribution in [3.8, 4) is 0 Å². The van der Waals surface area contributed by atoms with Crippen LogP contribution in [0.5, 0.6) is 0 Å². The van der Waals surface area contributed by atoms with Gasteiger partial charge in [-0.2, -0.15) is 0 Å². The van der Waals surface area contributed by atoms with Crippen molar-refractivity contribution in [3.63, 3.8) is 0 Å². The summed E-state index contributed by atoms with van der Waals surface area (Å²) < 4.78 is 14.2. The van der Waals surface area contributed by atoms with Crippen molar-refractivity contribution in [3.05, 3.63) is 106 Å². The lowest BCUT2D eigenvalue weighted by Crippen LogP contribution is -2.50. The van der Waals surface area contributed by atoms with Crippen LogP contribution in [0.4, 0.5) is 4.39 Å². The molecule has 1 heterocycles. The van der Waals surface area contributed by atoms with E-state index in [0.717, 1.165) is 13.1 Å². The lowest BCUT2D eigenvalue weighted by Gasteiger charge is -2.39. The van der Waals surface area contributed by atoms with E-state index in [2.05, 4.69) is 29.2 Å². The summed E-state index contributed by atoms with van der Waals surface area (Å²) in [6.07, 6.45) is 0. The zero-order valence-electron chi connectivity index (χ0n) is 16.0. The van der Waals surface area contributed by atoms with Gasteiger partial charge >= 0.3 is 0 Å². The molecular weight excluding hydrogens is 387 g/mol. The quantitative estimate of drug-likeness (QED) is 0.604. The van der Waals surface area contributed by atoms with Gasteiger partial charge in [0.15, 0.2) is 0 Å². The van der Waals surface area contributed by atoms with E-state index >= 15 is 0 Å². The molecule has 1 saturated heterocycles. The lowest BCUT2D eigenvalue weighted by molar-refractivity contribution is 0.0593. The number of piperazine rings is 1. The highest BCUT2D eigenvalue weighted by molar-refractivity contribution is 6.30. The zero-order chi connectivity index (χ0) is 20.2. The first-order valence-corrected chi connectivity index (χ1v) is 10.1. The fourth-order valence-corrected chi connectivity index (χ4v) is 4.06. The summed E-state index contributed by atoms with van der Waals surface area (Å²) in [7, 11) is 0. The van der Waals surface area contributed by atoms with Crippen LogP contribution in [0.25, 0.3) is 0 Å². The lowest BCUT2D eigenvalue weighted by atomic mass is 9.96. The highest BCUT2D eigenvalue weighted by Crippen LogP contribution is 2.29. The molecule has 1 fully saturated rings. The second-order valence-corrected chi connectivity index (χ2v) is 7.61. The molecule has 0 N–H and O–H groups in total. The molecular formula is C24H22ClFN2O. The average molecular weight is 409 g/mol. The molecule has 0 unspecified atom stereocenters. The van der Waals surface area contributed by atoms with Gasteiger partial charge in [0.1, 0.15) is 5.82 Å². The number of halogens is 2. The summed E-state index contributed by atoms with van der Waals surface area (Å²) >= 11 is 5.81. The van der Waals surface area contributed by atoms with E-state index in [1.807, 2.05) is 36.4 Å². The van der Waals surface area contributed by atoms with Gasteiger partial charge in [-0.05, 0) is 29.3 Å². The molecule has 0 atom stereocenters. The first-order valence-electron chi connectivity index (χ1n) is 9.72. The molecule has 0 spiro atoms. The van der Waals surface area contributed by atoms with Crippen LogP contribution in [0.3, 0.4) is 0 Å². The van der Waals surface area contributed by atoms with E-state index in [1.165, 1.54) is 23.3 Å². The van der Waals surface area contributed by atoms with E-state index in [-0.39, 0.29) is 22.5 Å². The predicted molar refractivity (Wildman–Crippen MR) is 114 cm³/mol. The summed E-state index contributed by atoms with van der Waals surface area (Å²) in [5, 5.41) is 0.289. The third-order valence-corrected chi connectivity index (χ3v) is 5.59. The molecule has 29 heavy (non-hydrogen) atoms. The van der Waals surface area contributed by atoms with Crippen LogP contribution < -0.4 is 0 Å². The largest absolute Gasteiger partial charge is 0.336 e. The molecule has 1 aliphatic heterocycles. The Bertz CT molecular complexity index is 933. The van der Waals surface area contributed by atoms with Gasteiger partial charge in [0.2, 0.25) is 0 Å². The van der Waals surface area contributed by atoms with Gasteiger partial charge < -0.3 is 4.90 Å². The Hall–Kier alpha value is -2.69. The highest BCUT2D eigenvalue weighted by atomic mass is 35.5. The number of carbonyl (C=O) groups excluding carboxylic acids is 1. The molecule has 3 nitrogen and oxygen atoms in total. The molecule has 1 aliphatic rings. The Kier molecular flexibility index (Phi) is 5.93. The van der Waals surface area contributed by atoms with Crippen LogP contribution >= 0.6 is 11.6 Å². The molecule has 148 valence electrons. The Morgan fingerprint density at radius 1 is 0.828 bits per heavy atom. The van der Waals surface area contributed by atoms with Gasteiger partial charge in [0.05, 0.1) is 11.6 Å². The van der Waals surface area contributed by atoms with Crippen molar-refractivity contribution in [1.82, 2.24) is 9.80 Å². The van der Waals surface area contributed by atoms with E-state index in [1.54, 1.807) is 11.0 Å². The third kappa shape index (κ3) is 4.34. The molecule has 3 aromatic carbocycles. The first kappa shape index (κ1) is 19.6. The normalized spacial score (nSPS) is 14.9. The minimum absolute atomic E-state index is 0.0746. The smallest absolute Gasteiger partial charge is 0.256 e. The predicted octanol–water partition coefficient (Wildman–Crippen LogP) is 5.03. The number of nitrogens with zero attached hydrogens (tertiary/aromatic N) is 2. The van der Waals surface area contributed by atoms with Crippen LogP contribution in [0.15, 0.2) is 78.9 Å².